The first kappa shape index (κ1) is 19.4. The molecule has 7 heteroatoms. The van der Waals surface area contributed by atoms with Gasteiger partial charge in [0.05, 0.1) is 5.39 Å². The molecular weight excluding hydrogens is 381 g/mol. The zero-order valence-corrected chi connectivity index (χ0v) is 16.6. The Balaban J connectivity index is 1.58. The Labute approximate surface area is 173 Å². The average molecular weight is 401 g/mol. The minimum Gasteiger partial charge on any atom is -0.340 e. The summed E-state index contributed by atoms with van der Waals surface area (Å²) in [4.78, 5) is 25.7. The molecule has 0 aliphatic heterocycles. The monoisotopic (exact) mass is 401 g/mol. The molecule has 1 amide bonds. The van der Waals surface area contributed by atoms with Crippen molar-refractivity contribution in [2.24, 2.45) is 0 Å². The Morgan fingerprint density at radius 3 is 2.57 bits per heavy atom. The van der Waals surface area contributed by atoms with Crippen molar-refractivity contribution in [3.8, 4) is 0 Å². The lowest BCUT2D eigenvalue weighted by Crippen LogP contribution is -2.12. The van der Waals surface area contributed by atoms with Gasteiger partial charge in [0.1, 0.15) is 18.0 Å². The fraction of sp³-hybridized carbons (Fsp3) is 0.130. The van der Waals surface area contributed by atoms with Crippen LogP contribution in [-0.4, -0.2) is 20.9 Å². The third-order valence-electron chi connectivity index (χ3n) is 4.58. The molecule has 0 aliphatic rings. The first-order chi connectivity index (χ1) is 14.5. The Kier molecular flexibility index (Phi) is 5.34. The van der Waals surface area contributed by atoms with Crippen molar-refractivity contribution in [2.75, 3.05) is 10.6 Å². The topological polar surface area (TPSA) is 79.8 Å². The van der Waals surface area contributed by atoms with Gasteiger partial charge in [-0.2, -0.15) is 0 Å². The summed E-state index contributed by atoms with van der Waals surface area (Å²) in [6, 6.07) is 16.7. The summed E-state index contributed by atoms with van der Waals surface area (Å²) in [6.45, 7) is 4.16. The number of anilines is 3. The van der Waals surface area contributed by atoms with Gasteiger partial charge in [-0.15, -0.1) is 0 Å². The molecule has 6 nitrogen and oxygen atoms in total. The number of hydrogen-bond donors (Lipinski definition) is 2. The summed E-state index contributed by atoms with van der Waals surface area (Å²) < 4.78 is 13.3. The first-order valence-corrected chi connectivity index (χ1v) is 9.55. The molecule has 2 aromatic heterocycles. The number of carbonyl (C=O) groups is 1. The minimum absolute atomic E-state index is 0.300. The summed E-state index contributed by atoms with van der Waals surface area (Å²) in [7, 11) is 0. The van der Waals surface area contributed by atoms with Gasteiger partial charge in [0, 0.05) is 22.6 Å². The van der Waals surface area contributed by atoms with Crippen LogP contribution in [0, 0.1) is 5.82 Å². The molecule has 0 saturated carbocycles. The number of hydrogen-bond acceptors (Lipinski definition) is 5. The Morgan fingerprint density at radius 2 is 1.77 bits per heavy atom. The number of amides is 1. The third-order valence-corrected chi connectivity index (χ3v) is 4.58. The van der Waals surface area contributed by atoms with Crippen LogP contribution in [0.1, 0.15) is 35.8 Å². The number of nitrogens with zero attached hydrogens (tertiary/aromatic N) is 3. The third kappa shape index (κ3) is 4.25. The van der Waals surface area contributed by atoms with Crippen LogP contribution < -0.4 is 10.6 Å². The van der Waals surface area contributed by atoms with Crippen LogP contribution in [0.5, 0.6) is 0 Å². The first-order valence-electron chi connectivity index (χ1n) is 9.55. The molecule has 30 heavy (non-hydrogen) atoms. The Hall–Kier alpha value is -3.87. The normalized spacial score (nSPS) is 10.9. The van der Waals surface area contributed by atoms with Crippen LogP contribution in [-0.2, 0) is 0 Å². The fourth-order valence-electron chi connectivity index (χ4n) is 3.02. The second kappa shape index (κ2) is 8.24. The van der Waals surface area contributed by atoms with Crippen LogP contribution in [0.2, 0.25) is 0 Å². The maximum atomic E-state index is 13.3. The predicted octanol–water partition coefficient (Wildman–Crippen LogP) is 5.28. The van der Waals surface area contributed by atoms with Gasteiger partial charge in [-0.1, -0.05) is 26.0 Å². The Bertz CT molecular complexity index is 1230. The highest BCUT2D eigenvalue weighted by molar-refractivity contribution is 6.05. The molecule has 0 radical (unpaired) electrons. The highest BCUT2D eigenvalue weighted by atomic mass is 19.1. The van der Waals surface area contributed by atoms with Crippen molar-refractivity contribution < 1.29 is 9.18 Å². The average Bonchev–Trinajstić information content (AvgIpc) is 2.74. The van der Waals surface area contributed by atoms with Crippen LogP contribution in [0.3, 0.4) is 0 Å². The van der Waals surface area contributed by atoms with Gasteiger partial charge in [0.25, 0.3) is 5.91 Å². The predicted molar refractivity (Wildman–Crippen MR) is 115 cm³/mol. The fourth-order valence-corrected chi connectivity index (χ4v) is 3.02. The van der Waals surface area contributed by atoms with E-state index in [0.29, 0.717) is 34.3 Å². The summed E-state index contributed by atoms with van der Waals surface area (Å²) >= 11 is 0. The number of benzene rings is 2. The number of rotatable bonds is 5. The van der Waals surface area contributed by atoms with E-state index in [2.05, 4.69) is 39.4 Å². The van der Waals surface area contributed by atoms with Gasteiger partial charge in [-0.3, -0.25) is 4.79 Å². The van der Waals surface area contributed by atoms with E-state index in [0.717, 1.165) is 11.1 Å². The summed E-state index contributed by atoms with van der Waals surface area (Å²) in [5, 5.41) is 6.72. The van der Waals surface area contributed by atoms with E-state index in [9.17, 15) is 9.18 Å². The van der Waals surface area contributed by atoms with Crippen molar-refractivity contribution in [3.63, 3.8) is 0 Å². The van der Waals surface area contributed by atoms with Crippen molar-refractivity contribution in [1.82, 2.24) is 15.0 Å². The Morgan fingerprint density at radius 1 is 0.967 bits per heavy atom. The number of carbonyl (C=O) groups excluding carboxylic acids is 1. The van der Waals surface area contributed by atoms with E-state index >= 15 is 0 Å². The largest absolute Gasteiger partial charge is 0.340 e. The van der Waals surface area contributed by atoms with Gasteiger partial charge in [-0.25, -0.2) is 19.3 Å². The van der Waals surface area contributed by atoms with Crippen LogP contribution >= 0.6 is 0 Å². The minimum atomic E-state index is -0.409. The van der Waals surface area contributed by atoms with E-state index in [1.54, 1.807) is 30.3 Å². The van der Waals surface area contributed by atoms with Gasteiger partial charge in [-0.05, 0) is 54.4 Å². The molecule has 0 bridgehead atoms. The van der Waals surface area contributed by atoms with E-state index in [1.165, 1.54) is 18.5 Å². The molecule has 0 fully saturated rings. The van der Waals surface area contributed by atoms with E-state index in [4.69, 9.17) is 0 Å². The summed E-state index contributed by atoms with van der Waals surface area (Å²) in [5.74, 6) is 0.160. The number of halogens is 1. The van der Waals surface area contributed by atoms with E-state index in [-0.39, 0.29) is 5.91 Å². The molecule has 2 aromatic carbocycles. The lowest BCUT2D eigenvalue weighted by molar-refractivity contribution is 0.102. The molecule has 4 rings (SSSR count). The van der Waals surface area contributed by atoms with Gasteiger partial charge in [0.15, 0.2) is 5.65 Å². The van der Waals surface area contributed by atoms with Crippen molar-refractivity contribution in [1.29, 1.82) is 0 Å². The standard InChI is InChI=1S/C23H20FN5O/c1-14(2)20-10-9-19-21(25-13-26-22(19)29-20)27-17-7-3-5-15(11-17)23(30)28-18-8-4-6-16(24)12-18/h3-14H,1-2H3,(H,28,30)(H,25,26,27,29). The number of pyridine rings is 1. The molecule has 0 unspecified atom stereocenters. The SMILES string of the molecule is CC(C)c1ccc2c(Nc3cccc(C(=O)Nc4cccc(F)c4)c3)ncnc2n1. The zero-order chi connectivity index (χ0) is 21.1. The van der Waals surface area contributed by atoms with Crippen molar-refractivity contribution in [2.45, 2.75) is 19.8 Å². The summed E-state index contributed by atoms with van der Waals surface area (Å²) in [6.07, 6.45) is 1.46. The molecule has 0 spiro atoms. The lowest BCUT2D eigenvalue weighted by Gasteiger charge is -2.11. The maximum Gasteiger partial charge on any atom is 0.255 e. The highest BCUT2D eigenvalue weighted by Gasteiger charge is 2.11. The lowest BCUT2D eigenvalue weighted by atomic mass is 10.1. The molecular formula is C23H20FN5O. The molecule has 2 heterocycles. The molecule has 0 aliphatic carbocycles. The van der Waals surface area contributed by atoms with Gasteiger partial charge in [0.2, 0.25) is 0 Å². The quantitative estimate of drug-likeness (QED) is 0.475. The van der Waals surface area contributed by atoms with Crippen molar-refractivity contribution in [3.05, 3.63) is 84.1 Å². The zero-order valence-electron chi connectivity index (χ0n) is 16.6. The van der Waals surface area contributed by atoms with E-state index in [1.807, 2.05) is 18.2 Å². The van der Waals surface area contributed by atoms with Gasteiger partial charge >= 0.3 is 0 Å². The molecule has 0 saturated heterocycles. The van der Waals surface area contributed by atoms with Crippen LogP contribution in [0.25, 0.3) is 11.0 Å². The molecule has 150 valence electrons. The van der Waals surface area contributed by atoms with Crippen LogP contribution in [0.15, 0.2) is 67.0 Å². The summed E-state index contributed by atoms with van der Waals surface area (Å²) in [5.41, 5.74) is 3.09. The maximum absolute atomic E-state index is 13.3. The number of aromatic nitrogens is 3. The van der Waals surface area contributed by atoms with Gasteiger partial charge < -0.3 is 10.6 Å². The van der Waals surface area contributed by atoms with Crippen molar-refractivity contribution >= 4 is 34.1 Å². The van der Waals surface area contributed by atoms with E-state index < -0.39 is 5.82 Å². The second-order valence-corrected chi connectivity index (χ2v) is 7.15. The smallest absolute Gasteiger partial charge is 0.255 e. The number of nitrogens with one attached hydrogen (secondary N) is 2. The molecule has 2 N–H and O–H groups in total. The highest BCUT2D eigenvalue weighted by Crippen LogP contribution is 2.24. The second-order valence-electron chi connectivity index (χ2n) is 7.15. The number of fused-ring (bicyclic) bond motifs is 1. The molecule has 0 atom stereocenters. The van der Waals surface area contributed by atoms with Crippen LogP contribution in [0.4, 0.5) is 21.6 Å². The molecule has 4 aromatic rings.